The molecule has 4 heterocycles. The van der Waals surface area contributed by atoms with Crippen LogP contribution in [0.1, 0.15) is 50.2 Å². The Morgan fingerprint density at radius 2 is 1.98 bits per heavy atom. The zero-order chi connectivity index (χ0) is 29.0. The Bertz CT molecular complexity index is 1420. The smallest absolute Gasteiger partial charge is 0.313 e. The molecule has 0 saturated carbocycles. The number of pyridine rings is 1. The van der Waals surface area contributed by atoms with E-state index >= 15 is 0 Å². The fraction of sp³-hybridized carbons (Fsp3) is 0.556. The molecule has 216 valence electrons. The highest BCUT2D eigenvalue weighted by molar-refractivity contribution is 5.70. The van der Waals surface area contributed by atoms with Crippen LogP contribution in [0.5, 0.6) is 5.88 Å². The first-order chi connectivity index (χ1) is 19.0. The van der Waals surface area contributed by atoms with Crippen molar-refractivity contribution in [3.05, 3.63) is 45.8 Å². The van der Waals surface area contributed by atoms with Gasteiger partial charge in [0, 0.05) is 33.3 Å². The first-order valence-corrected chi connectivity index (χ1v) is 13.3. The van der Waals surface area contributed by atoms with Crippen LogP contribution in [-0.4, -0.2) is 61.6 Å². The van der Waals surface area contributed by atoms with Crippen molar-refractivity contribution in [2.45, 2.75) is 58.5 Å². The summed E-state index contributed by atoms with van der Waals surface area (Å²) in [6, 6.07) is 3.46. The van der Waals surface area contributed by atoms with E-state index in [1.807, 2.05) is 13.8 Å². The van der Waals surface area contributed by atoms with Gasteiger partial charge >= 0.3 is 11.5 Å². The van der Waals surface area contributed by atoms with Gasteiger partial charge in [-0.3, -0.25) is 9.59 Å². The summed E-state index contributed by atoms with van der Waals surface area (Å²) in [5.74, 6) is -4.00. The van der Waals surface area contributed by atoms with Gasteiger partial charge in [-0.25, -0.2) is 23.4 Å². The van der Waals surface area contributed by atoms with Crippen molar-refractivity contribution < 1.29 is 23.0 Å². The molecule has 40 heavy (non-hydrogen) atoms. The third-order valence-corrected chi connectivity index (χ3v) is 6.93. The van der Waals surface area contributed by atoms with Gasteiger partial charge in [-0.1, -0.05) is 25.5 Å². The van der Waals surface area contributed by atoms with Gasteiger partial charge in [0.1, 0.15) is 18.0 Å². The third kappa shape index (κ3) is 6.45. The summed E-state index contributed by atoms with van der Waals surface area (Å²) in [5.41, 5.74) is 3.14. The molecule has 0 amide bonds. The molecule has 0 N–H and O–H groups in total. The van der Waals surface area contributed by atoms with Crippen molar-refractivity contribution in [2.24, 2.45) is 20.0 Å². The maximum absolute atomic E-state index is 14.6. The van der Waals surface area contributed by atoms with Crippen molar-refractivity contribution in [1.82, 2.24) is 29.5 Å². The molecule has 1 saturated heterocycles. The minimum Gasteiger partial charge on any atom is -0.469 e. The fourth-order valence-electron chi connectivity index (χ4n) is 5.01. The molecular weight excluding hydrogens is 524 g/mol. The van der Waals surface area contributed by atoms with E-state index in [1.165, 1.54) is 11.7 Å². The molecule has 0 aliphatic carbocycles. The van der Waals surface area contributed by atoms with Crippen LogP contribution in [0.2, 0.25) is 0 Å². The molecule has 13 heteroatoms. The van der Waals surface area contributed by atoms with Crippen LogP contribution in [0.4, 0.5) is 14.5 Å². The van der Waals surface area contributed by atoms with E-state index in [2.05, 4.69) is 15.3 Å². The minimum absolute atomic E-state index is 0.00862. The molecule has 1 fully saturated rings. The van der Waals surface area contributed by atoms with Crippen molar-refractivity contribution in [2.75, 3.05) is 25.1 Å². The second-order valence-corrected chi connectivity index (χ2v) is 10.1. The molecule has 1 aliphatic rings. The summed E-state index contributed by atoms with van der Waals surface area (Å²) in [6.07, 6.45) is 3.34. The molecule has 3 aromatic heterocycles. The molecule has 0 radical (unpaired) electrons. The summed E-state index contributed by atoms with van der Waals surface area (Å²) in [6.45, 7) is 3.75. The van der Waals surface area contributed by atoms with E-state index in [0.29, 0.717) is 47.8 Å². The molecule has 3 aromatic rings. The Morgan fingerprint density at radius 3 is 2.67 bits per heavy atom. The molecule has 1 atom stereocenters. The van der Waals surface area contributed by atoms with Gasteiger partial charge in [0.25, 0.3) is 11.8 Å². The molecule has 0 bridgehead atoms. The number of aryl methyl sites for hydroxylation is 4. The summed E-state index contributed by atoms with van der Waals surface area (Å²) in [7, 11) is 4.62. The number of rotatable bonds is 10. The highest BCUT2D eigenvalue weighted by atomic mass is 19.3. The zero-order valence-electron chi connectivity index (χ0n) is 23.5. The molecular formula is C27H35F2N7O4. The molecule has 4 rings (SSSR count). The number of carbonyl (C=O) groups is 1. The number of aromatic nitrogens is 6. The largest absolute Gasteiger partial charge is 0.469 e. The van der Waals surface area contributed by atoms with Crippen molar-refractivity contribution in [3.8, 4) is 17.3 Å². The number of anilines is 1. The molecule has 1 aliphatic heterocycles. The monoisotopic (exact) mass is 559 g/mol. The van der Waals surface area contributed by atoms with E-state index in [-0.39, 0.29) is 30.9 Å². The van der Waals surface area contributed by atoms with Crippen LogP contribution in [-0.2, 0) is 43.1 Å². The Hall–Kier alpha value is -3.90. The quantitative estimate of drug-likeness (QED) is 0.346. The average Bonchev–Trinajstić information content (AvgIpc) is 3.28. The normalized spacial score (nSPS) is 16.7. The number of carbonyl (C=O) groups excluding carboxylic acids is 1. The molecule has 11 nitrogen and oxygen atoms in total. The number of alkyl halides is 2. The summed E-state index contributed by atoms with van der Waals surface area (Å²) in [4.78, 5) is 35.1. The van der Waals surface area contributed by atoms with Crippen LogP contribution in [0.3, 0.4) is 0 Å². The topological polar surface area (TPSA) is 117 Å². The number of ether oxygens (including phenoxy) is 2. The Labute approximate surface area is 231 Å². The molecule has 0 unspecified atom stereocenters. The second kappa shape index (κ2) is 12.1. The number of esters is 1. The third-order valence-electron chi connectivity index (χ3n) is 6.93. The van der Waals surface area contributed by atoms with Gasteiger partial charge < -0.3 is 18.9 Å². The standard InChI is InChI=1S/C27H35F2N7O4/c1-6-8-18-14-34(3)26(38)25(30-18)40-15-22-24(32-33-35(22)4)20-9-10-21(19(7-2)31-20)36-13-17(11-23(37)39-5)12-27(28,29)16-36/h9-10,14,17H,6-8,11-13,15-16H2,1-5H3/t17-/m0/s1. The lowest BCUT2D eigenvalue weighted by Crippen LogP contribution is -2.48. The van der Waals surface area contributed by atoms with Crippen molar-refractivity contribution in [3.63, 3.8) is 0 Å². The first kappa shape index (κ1) is 29.1. The van der Waals surface area contributed by atoms with E-state index in [9.17, 15) is 18.4 Å². The van der Waals surface area contributed by atoms with Gasteiger partial charge in [-0.15, -0.1) is 5.10 Å². The average molecular weight is 560 g/mol. The van der Waals surface area contributed by atoms with Crippen LogP contribution in [0, 0.1) is 5.92 Å². The second-order valence-electron chi connectivity index (χ2n) is 10.1. The van der Waals surface area contributed by atoms with Crippen LogP contribution in [0.25, 0.3) is 11.4 Å². The van der Waals surface area contributed by atoms with E-state index < -0.39 is 24.4 Å². The van der Waals surface area contributed by atoms with E-state index in [4.69, 9.17) is 14.5 Å². The maximum atomic E-state index is 14.6. The molecule has 0 aromatic carbocycles. The lowest BCUT2D eigenvalue weighted by molar-refractivity contribution is -0.142. The van der Waals surface area contributed by atoms with Gasteiger partial charge in [0.2, 0.25) is 0 Å². The Morgan fingerprint density at radius 1 is 1.20 bits per heavy atom. The molecule has 0 spiro atoms. The summed E-state index contributed by atoms with van der Waals surface area (Å²) in [5, 5.41) is 8.38. The summed E-state index contributed by atoms with van der Waals surface area (Å²) >= 11 is 0. The lowest BCUT2D eigenvalue weighted by Gasteiger charge is -2.39. The maximum Gasteiger partial charge on any atom is 0.313 e. The SMILES string of the molecule is CCCc1cn(C)c(=O)c(OCc2c(-c3ccc(N4C[C@@H](CC(=O)OC)CC(F)(F)C4)c(CC)n3)nnn2C)n1. The van der Waals surface area contributed by atoms with Gasteiger partial charge in [0.15, 0.2) is 0 Å². The van der Waals surface area contributed by atoms with Gasteiger partial charge in [-0.2, -0.15) is 0 Å². The van der Waals surface area contributed by atoms with E-state index in [1.54, 1.807) is 42.0 Å². The van der Waals surface area contributed by atoms with Gasteiger partial charge in [-0.05, 0) is 30.9 Å². The highest BCUT2D eigenvalue weighted by Crippen LogP contribution is 2.36. The number of methoxy groups -OCH3 is 1. The fourth-order valence-corrected chi connectivity index (χ4v) is 5.01. The minimum atomic E-state index is -2.95. The number of piperidine rings is 1. The Kier molecular flexibility index (Phi) is 8.79. The van der Waals surface area contributed by atoms with Crippen molar-refractivity contribution in [1.29, 1.82) is 0 Å². The van der Waals surface area contributed by atoms with Gasteiger partial charge in [0.05, 0.1) is 42.8 Å². The number of hydrogen-bond donors (Lipinski definition) is 0. The number of nitrogens with zero attached hydrogens (tertiary/aromatic N) is 7. The van der Waals surface area contributed by atoms with Crippen LogP contribution < -0.4 is 15.2 Å². The first-order valence-electron chi connectivity index (χ1n) is 13.3. The van der Waals surface area contributed by atoms with Crippen LogP contribution in [0.15, 0.2) is 23.1 Å². The lowest BCUT2D eigenvalue weighted by atomic mass is 9.91. The van der Waals surface area contributed by atoms with Crippen LogP contribution >= 0.6 is 0 Å². The zero-order valence-corrected chi connectivity index (χ0v) is 23.5. The number of hydrogen-bond acceptors (Lipinski definition) is 9. The van der Waals surface area contributed by atoms with E-state index in [0.717, 1.165) is 12.1 Å². The van der Waals surface area contributed by atoms with Crippen molar-refractivity contribution >= 4 is 11.7 Å². The summed E-state index contributed by atoms with van der Waals surface area (Å²) < 4.78 is 42.8. The highest BCUT2D eigenvalue weighted by Gasteiger charge is 2.41. The predicted octanol–water partition coefficient (Wildman–Crippen LogP) is 3.09. The predicted molar refractivity (Wildman–Crippen MR) is 143 cm³/mol. The number of halogens is 2. The Balaban J connectivity index is 1.60.